The molecule has 9 nitrogen and oxygen atoms in total. The first-order valence-electron chi connectivity index (χ1n) is 7.89. The molecule has 0 radical (unpaired) electrons. The number of ether oxygens (including phenoxy) is 1. The number of hydrogen-bond donors (Lipinski definition) is 1. The van der Waals surface area contributed by atoms with Crippen LogP contribution in [0.2, 0.25) is 0 Å². The Morgan fingerprint density at radius 3 is 2.64 bits per heavy atom. The van der Waals surface area contributed by atoms with Crippen LogP contribution in [0.3, 0.4) is 0 Å². The molecule has 3 aromatic rings. The van der Waals surface area contributed by atoms with E-state index in [0.717, 1.165) is 24.2 Å². The standard InChI is InChI=1S/C15H17BrN8O/c1-9-13(21-15-17-7-12(16)14(22-15)25-2)8-20-23(9)10-5-11(6-10)24-18-3-4-19-24/h3-4,7-8,10-11H,5-6H2,1-2H3,(H,17,21,22)/t10-,11+. The molecule has 0 bridgehead atoms. The highest BCUT2D eigenvalue weighted by molar-refractivity contribution is 9.10. The number of rotatable bonds is 5. The van der Waals surface area contributed by atoms with Crippen LogP contribution in [0.25, 0.3) is 0 Å². The second kappa shape index (κ2) is 6.43. The van der Waals surface area contributed by atoms with Gasteiger partial charge in [-0.2, -0.15) is 25.1 Å². The summed E-state index contributed by atoms with van der Waals surface area (Å²) in [7, 11) is 1.57. The van der Waals surface area contributed by atoms with E-state index in [2.05, 4.69) is 46.5 Å². The number of methoxy groups -OCH3 is 1. The minimum Gasteiger partial charge on any atom is -0.480 e. The van der Waals surface area contributed by atoms with E-state index >= 15 is 0 Å². The molecule has 0 aromatic carbocycles. The van der Waals surface area contributed by atoms with Crippen molar-refractivity contribution in [2.24, 2.45) is 0 Å². The first kappa shape index (κ1) is 16.0. The molecule has 1 fully saturated rings. The highest BCUT2D eigenvalue weighted by Gasteiger charge is 2.34. The van der Waals surface area contributed by atoms with Crippen LogP contribution in [-0.4, -0.2) is 41.9 Å². The van der Waals surface area contributed by atoms with E-state index in [1.165, 1.54) is 0 Å². The molecule has 1 saturated carbocycles. The maximum Gasteiger partial charge on any atom is 0.232 e. The topological polar surface area (TPSA) is 95.6 Å². The fourth-order valence-electron chi connectivity index (χ4n) is 2.95. The molecular formula is C15H17BrN8O. The highest BCUT2D eigenvalue weighted by Crippen LogP contribution is 2.41. The second-order valence-corrected chi connectivity index (χ2v) is 6.75. The summed E-state index contributed by atoms with van der Waals surface area (Å²) < 4.78 is 7.95. The zero-order valence-electron chi connectivity index (χ0n) is 13.8. The van der Waals surface area contributed by atoms with Crippen LogP contribution >= 0.6 is 15.9 Å². The van der Waals surface area contributed by atoms with Crippen molar-refractivity contribution in [3.8, 4) is 5.88 Å². The van der Waals surface area contributed by atoms with Gasteiger partial charge in [0.25, 0.3) is 0 Å². The van der Waals surface area contributed by atoms with Gasteiger partial charge in [0.05, 0.1) is 59.8 Å². The van der Waals surface area contributed by atoms with Crippen LogP contribution in [0.1, 0.15) is 30.6 Å². The van der Waals surface area contributed by atoms with Gasteiger partial charge in [-0.25, -0.2) is 4.98 Å². The third-order valence-electron chi connectivity index (χ3n) is 4.39. The molecule has 130 valence electrons. The normalized spacial score (nSPS) is 19.5. The zero-order valence-corrected chi connectivity index (χ0v) is 15.4. The van der Waals surface area contributed by atoms with E-state index in [-0.39, 0.29) is 0 Å². The average Bonchev–Trinajstić information content (AvgIpc) is 3.21. The van der Waals surface area contributed by atoms with Crippen molar-refractivity contribution < 1.29 is 4.74 Å². The van der Waals surface area contributed by atoms with Gasteiger partial charge in [-0.15, -0.1) is 0 Å². The lowest BCUT2D eigenvalue weighted by molar-refractivity contribution is 0.158. The Morgan fingerprint density at radius 1 is 1.16 bits per heavy atom. The van der Waals surface area contributed by atoms with Crippen molar-refractivity contribution in [3.05, 3.63) is 35.0 Å². The first-order valence-corrected chi connectivity index (χ1v) is 8.68. The van der Waals surface area contributed by atoms with E-state index in [1.807, 2.05) is 11.6 Å². The third kappa shape index (κ3) is 2.97. The first-order chi connectivity index (χ1) is 12.2. The van der Waals surface area contributed by atoms with Crippen molar-refractivity contribution in [3.63, 3.8) is 0 Å². The van der Waals surface area contributed by atoms with Gasteiger partial charge in [0.15, 0.2) is 0 Å². The Morgan fingerprint density at radius 2 is 1.92 bits per heavy atom. The van der Waals surface area contributed by atoms with Crippen molar-refractivity contribution in [2.45, 2.75) is 31.8 Å². The van der Waals surface area contributed by atoms with Crippen molar-refractivity contribution in [1.82, 2.24) is 34.7 Å². The molecule has 0 amide bonds. The van der Waals surface area contributed by atoms with Crippen LogP contribution in [0.4, 0.5) is 11.6 Å². The maximum absolute atomic E-state index is 5.20. The SMILES string of the molecule is COc1nc(Nc2cnn([C@H]3C[C@@H](n4nccn4)C3)c2C)ncc1Br. The summed E-state index contributed by atoms with van der Waals surface area (Å²) in [6.07, 6.45) is 8.81. The molecule has 3 aromatic heterocycles. The number of hydrogen-bond acceptors (Lipinski definition) is 7. The molecule has 1 aliphatic rings. The quantitative estimate of drug-likeness (QED) is 0.697. The Balaban J connectivity index is 1.47. The molecule has 0 atom stereocenters. The monoisotopic (exact) mass is 404 g/mol. The van der Waals surface area contributed by atoms with Gasteiger partial charge in [0.2, 0.25) is 11.8 Å². The van der Waals surface area contributed by atoms with E-state index in [4.69, 9.17) is 4.74 Å². The molecular weight excluding hydrogens is 388 g/mol. The Kier molecular flexibility index (Phi) is 4.12. The van der Waals surface area contributed by atoms with Gasteiger partial charge in [0, 0.05) is 0 Å². The van der Waals surface area contributed by atoms with Crippen molar-refractivity contribution in [1.29, 1.82) is 0 Å². The van der Waals surface area contributed by atoms with Crippen LogP contribution in [0, 0.1) is 6.92 Å². The number of anilines is 2. The third-order valence-corrected chi connectivity index (χ3v) is 4.94. The molecule has 10 heteroatoms. The summed E-state index contributed by atoms with van der Waals surface area (Å²) in [4.78, 5) is 10.3. The van der Waals surface area contributed by atoms with E-state index in [0.29, 0.717) is 28.4 Å². The van der Waals surface area contributed by atoms with Crippen LogP contribution in [0.5, 0.6) is 5.88 Å². The average molecular weight is 405 g/mol. The van der Waals surface area contributed by atoms with Crippen LogP contribution in [-0.2, 0) is 0 Å². The molecule has 1 aliphatic carbocycles. The number of halogens is 1. The molecule has 1 N–H and O–H groups in total. The summed E-state index contributed by atoms with van der Waals surface area (Å²) >= 11 is 3.35. The van der Waals surface area contributed by atoms with Gasteiger partial charge in [-0.1, -0.05) is 0 Å². The summed E-state index contributed by atoms with van der Waals surface area (Å²) in [5.74, 6) is 0.950. The molecule has 25 heavy (non-hydrogen) atoms. The predicted molar refractivity (Wildman–Crippen MR) is 93.9 cm³/mol. The summed E-state index contributed by atoms with van der Waals surface area (Å²) in [6, 6.07) is 0.700. The lowest BCUT2D eigenvalue weighted by Crippen LogP contribution is -2.31. The zero-order chi connectivity index (χ0) is 17.4. The van der Waals surface area contributed by atoms with Gasteiger partial charge < -0.3 is 10.1 Å². The van der Waals surface area contributed by atoms with Crippen LogP contribution in [0.15, 0.2) is 29.3 Å². The van der Waals surface area contributed by atoms with Gasteiger partial charge in [-0.05, 0) is 35.7 Å². The van der Waals surface area contributed by atoms with E-state index in [9.17, 15) is 0 Å². The smallest absolute Gasteiger partial charge is 0.232 e. The highest BCUT2D eigenvalue weighted by atomic mass is 79.9. The minimum absolute atomic E-state index is 0.346. The van der Waals surface area contributed by atoms with Gasteiger partial charge >= 0.3 is 0 Å². The fourth-order valence-corrected chi connectivity index (χ4v) is 3.30. The van der Waals surface area contributed by atoms with Crippen molar-refractivity contribution >= 4 is 27.6 Å². The largest absolute Gasteiger partial charge is 0.480 e. The summed E-state index contributed by atoms with van der Waals surface area (Å²) in [5, 5.41) is 16.1. The molecule has 0 unspecified atom stereocenters. The number of aromatic nitrogens is 7. The van der Waals surface area contributed by atoms with E-state index in [1.54, 1.807) is 36.7 Å². The predicted octanol–water partition coefficient (Wildman–Crippen LogP) is 2.66. The van der Waals surface area contributed by atoms with Gasteiger partial charge in [0.1, 0.15) is 0 Å². The second-order valence-electron chi connectivity index (χ2n) is 5.89. The Labute approximate surface area is 152 Å². The number of nitrogens with zero attached hydrogens (tertiary/aromatic N) is 7. The van der Waals surface area contributed by atoms with E-state index < -0.39 is 0 Å². The fraction of sp³-hybridized carbons (Fsp3) is 0.400. The molecule has 3 heterocycles. The lowest BCUT2D eigenvalue weighted by Gasteiger charge is -2.35. The number of nitrogens with one attached hydrogen (secondary N) is 1. The van der Waals surface area contributed by atoms with Crippen LogP contribution < -0.4 is 10.1 Å². The lowest BCUT2D eigenvalue weighted by atomic mass is 9.87. The Hall–Kier alpha value is -2.49. The summed E-state index contributed by atoms with van der Waals surface area (Å²) in [6.45, 7) is 2.03. The van der Waals surface area contributed by atoms with Crippen molar-refractivity contribution in [2.75, 3.05) is 12.4 Å². The minimum atomic E-state index is 0.346. The molecule has 0 saturated heterocycles. The molecule has 4 rings (SSSR count). The maximum atomic E-state index is 5.20. The molecule has 0 spiro atoms. The molecule has 0 aliphatic heterocycles. The summed E-state index contributed by atoms with van der Waals surface area (Å²) in [5.41, 5.74) is 1.92. The van der Waals surface area contributed by atoms with Gasteiger partial charge in [-0.3, -0.25) is 4.68 Å². The Bertz CT molecular complexity index is 872.